The molecule has 0 unspecified atom stereocenters. The Hall–Kier alpha value is -0.270. The molecule has 0 radical (unpaired) electrons. The van der Waals surface area contributed by atoms with E-state index in [1.54, 1.807) is 6.07 Å². The summed E-state index contributed by atoms with van der Waals surface area (Å²) in [6, 6.07) is 10.9. The molecule has 0 saturated heterocycles. The predicted octanol–water partition coefficient (Wildman–Crippen LogP) is 4.93. The third kappa shape index (κ3) is 3.35. The van der Waals surface area contributed by atoms with E-state index >= 15 is 0 Å². The first kappa shape index (κ1) is 13.2. The zero-order valence-electron chi connectivity index (χ0n) is 8.58. The molecular weight excluding hydrogens is 416 g/mol. The molecule has 0 aliphatic rings. The second-order valence-electron chi connectivity index (χ2n) is 3.36. The highest BCUT2D eigenvalue weighted by Crippen LogP contribution is 2.34. The van der Waals surface area contributed by atoms with Gasteiger partial charge in [-0.05, 0) is 59.0 Å². The molecular formula is C12H8BrFINS. The lowest BCUT2D eigenvalue weighted by molar-refractivity contribution is 0.617. The van der Waals surface area contributed by atoms with E-state index in [1.165, 1.54) is 17.8 Å². The van der Waals surface area contributed by atoms with Gasteiger partial charge in [0.2, 0.25) is 0 Å². The molecule has 0 amide bonds. The predicted molar refractivity (Wildman–Crippen MR) is 81.8 cm³/mol. The van der Waals surface area contributed by atoms with Gasteiger partial charge in [0.15, 0.2) is 0 Å². The van der Waals surface area contributed by atoms with E-state index in [-0.39, 0.29) is 5.82 Å². The second kappa shape index (κ2) is 5.58. The molecule has 0 bridgehead atoms. The van der Waals surface area contributed by atoms with Crippen LogP contribution in [0.1, 0.15) is 0 Å². The Balaban J connectivity index is 2.30. The van der Waals surface area contributed by atoms with Crippen molar-refractivity contribution in [1.82, 2.24) is 0 Å². The lowest BCUT2D eigenvalue weighted by atomic mass is 10.3. The number of benzene rings is 2. The second-order valence-corrected chi connectivity index (χ2v) is 6.55. The van der Waals surface area contributed by atoms with Crippen LogP contribution in [0.3, 0.4) is 0 Å². The highest BCUT2D eigenvalue weighted by Gasteiger charge is 2.07. The number of nitrogens with two attached hydrogens (primary N) is 1. The van der Waals surface area contributed by atoms with Crippen molar-refractivity contribution in [3.8, 4) is 0 Å². The van der Waals surface area contributed by atoms with E-state index in [0.29, 0.717) is 9.26 Å². The number of rotatable bonds is 2. The standard InChI is InChI=1S/C12H8BrFINS/c13-7-1-3-8(4-2-7)17-12-5-9(14)10(15)6-11(12)16/h1-6H,16H2. The Labute approximate surface area is 125 Å². The molecule has 2 rings (SSSR count). The quantitative estimate of drug-likeness (QED) is 0.547. The summed E-state index contributed by atoms with van der Waals surface area (Å²) in [6.07, 6.45) is 0. The maximum Gasteiger partial charge on any atom is 0.137 e. The van der Waals surface area contributed by atoms with Crippen LogP contribution in [-0.2, 0) is 0 Å². The van der Waals surface area contributed by atoms with Gasteiger partial charge in [0.05, 0.1) is 3.57 Å². The van der Waals surface area contributed by atoms with Crippen molar-refractivity contribution in [2.75, 3.05) is 5.73 Å². The van der Waals surface area contributed by atoms with Crippen molar-refractivity contribution in [3.63, 3.8) is 0 Å². The molecule has 0 aromatic heterocycles. The monoisotopic (exact) mass is 423 g/mol. The summed E-state index contributed by atoms with van der Waals surface area (Å²) in [5.41, 5.74) is 6.47. The zero-order chi connectivity index (χ0) is 12.4. The van der Waals surface area contributed by atoms with Gasteiger partial charge < -0.3 is 5.73 Å². The summed E-state index contributed by atoms with van der Waals surface area (Å²) < 4.78 is 15.0. The van der Waals surface area contributed by atoms with Crippen molar-refractivity contribution in [2.45, 2.75) is 9.79 Å². The molecule has 2 aromatic rings. The molecule has 17 heavy (non-hydrogen) atoms. The van der Waals surface area contributed by atoms with E-state index in [9.17, 15) is 4.39 Å². The van der Waals surface area contributed by atoms with Crippen molar-refractivity contribution >= 4 is 56.0 Å². The molecule has 88 valence electrons. The number of anilines is 1. The van der Waals surface area contributed by atoms with Crippen LogP contribution < -0.4 is 5.73 Å². The minimum atomic E-state index is -0.237. The molecule has 0 atom stereocenters. The topological polar surface area (TPSA) is 26.0 Å². The van der Waals surface area contributed by atoms with Crippen LogP contribution in [0.15, 0.2) is 50.7 Å². The molecule has 1 nitrogen and oxygen atoms in total. The van der Waals surface area contributed by atoms with Crippen LogP contribution in [0, 0.1) is 9.39 Å². The van der Waals surface area contributed by atoms with Gasteiger partial charge in [-0.3, -0.25) is 0 Å². The highest BCUT2D eigenvalue weighted by atomic mass is 127. The summed E-state index contributed by atoms with van der Waals surface area (Å²) >= 11 is 6.76. The van der Waals surface area contributed by atoms with Gasteiger partial charge in [-0.2, -0.15) is 0 Å². The van der Waals surface area contributed by atoms with E-state index in [1.807, 2.05) is 46.9 Å². The van der Waals surface area contributed by atoms with E-state index in [4.69, 9.17) is 5.73 Å². The first-order valence-electron chi connectivity index (χ1n) is 4.74. The van der Waals surface area contributed by atoms with E-state index in [0.717, 1.165) is 14.3 Å². The average Bonchev–Trinajstić information content (AvgIpc) is 2.29. The van der Waals surface area contributed by atoms with Crippen molar-refractivity contribution in [1.29, 1.82) is 0 Å². The lowest BCUT2D eigenvalue weighted by Gasteiger charge is -2.07. The third-order valence-electron chi connectivity index (χ3n) is 2.09. The number of hydrogen-bond donors (Lipinski definition) is 1. The average molecular weight is 424 g/mol. The summed E-state index contributed by atoms with van der Waals surface area (Å²) in [7, 11) is 0. The molecule has 0 heterocycles. The first-order chi connectivity index (χ1) is 8.06. The molecule has 0 aliphatic carbocycles. The Bertz CT molecular complexity index is 545. The van der Waals surface area contributed by atoms with Gasteiger partial charge in [0.1, 0.15) is 5.82 Å². The van der Waals surface area contributed by atoms with Gasteiger partial charge in [0, 0.05) is 20.0 Å². The molecule has 2 N–H and O–H groups in total. The summed E-state index contributed by atoms with van der Waals surface area (Å²) in [5.74, 6) is -0.237. The number of halogens is 3. The summed E-state index contributed by atoms with van der Waals surface area (Å²) in [6.45, 7) is 0. The number of hydrogen-bond acceptors (Lipinski definition) is 2. The maximum atomic E-state index is 13.4. The van der Waals surface area contributed by atoms with Crippen LogP contribution in [-0.4, -0.2) is 0 Å². The fourth-order valence-electron chi connectivity index (χ4n) is 1.26. The highest BCUT2D eigenvalue weighted by molar-refractivity contribution is 14.1. The van der Waals surface area contributed by atoms with Crippen molar-refractivity contribution < 1.29 is 4.39 Å². The van der Waals surface area contributed by atoms with Crippen molar-refractivity contribution in [3.05, 3.63) is 50.3 Å². The van der Waals surface area contributed by atoms with Gasteiger partial charge in [0.25, 0.3) is 0 Å². The summed E-state index contributed by atoms with van der Waals surface area (Å²) in [5, 5.41) is 0. The molecule has 5 heteroatoms. The first-order valence-corrected chi connectivity index (χ1v) is 7.43. The van der Waals surface area contributed by atoms with E-state index in [2.05, 4.69) is 15.9 Å². The molecule has 0 spiro atoms. The Morgan fingerprint density at radius 2 is 1.82 bits per heavy atom. The Morgan fingerprint density at radius 1 is 1.18 bits per heavy atom. The van der Waals surface area contributed by atoms with Gasteiger partial charge in [-0.1, -0.05) is 27.7 Å². The van der Waals surface area contributed by atoms with Gasteiger partial charge >= 0.3 is 0 Å². The smallest absolute Gasteiger partial charge is 0.137 e. The van der Waals surface area contributed by atoms with Crippen LogP contribution >= 0.6 is 50.3 Å². The van der Waals surface area contributed by atoms with Crippen LogP contribution in [0.4, 0.5) is 10.1 Å². The minimum Gasteiger partial charge on any atom is -0.398 e. The fraction of sp³-hybridized carbons (Fsp3) is 0. The maximum absolute atomic E-state index is 13.4. The third-order valence-corrected chi connectivity index (χ3v) is 4.53. The van der Waals surface area contributed by atoms with Crippen LogP contribution in [0.2, 0.25) is 0 Å². The molecule has 0 fully saturated rings. The van der Waals surface area contributed by atoms with Gasteiger partial charge in [-0.15, -0.1) is 0 Å². The minimum absolute atomic E-state index is 0.237. The van der Waals surface area contributed by atoms with Crippen LogP contribution in [0.25, 0.3) is 0 Å². The van der Waals surface area contributed by atoms with Crippen LogP contribution in [0.5, 0.6) is 0 Å². The van der Waals surface area contributed by atoms with Crippen molar-refractivity contribution in [2.24, 2.45) is 0 Å². The Morgan fingerprint density at radius 3 is 2.47 bits per heavy atom. The molecule has 2 aromatic carbocycles. The fourth-order valence-corrected chi connectivity index (χ4v) is 2.88. The SMILES string of the molecule is Nc1cc(I)c(F)cc1Sc1ccc(Br)cc1. The number of nitrogen functional groups attached to an aromatic ring is 1. The molecule has 0 aliphatic heterocycles. The Kier molecular flexibility index (Phi) is 4.32. The zero-order valence-corrected chi connectivity index (χ0v) is 13.1. The van der Waals surface area contributed by atoms with E-state index < -0.39 is 0 Å². The largest absolute Gasteiger partial charge is 0.398 e. The molecule has 0 saturated carbocycles. The lowest BCUT2D eigenvalue weighted by Crippen LogP contribution is -1.92. The van der Waals surface area contributed by atoms with Gasteiger partial charge in [-0.25, -0.2) is 4.39 Å². The normalized spacial score (nSPS) is 10.5. The summed E-state index contributed by atoms with van der Waals surface area (Å²) in [4.78, 5) is 1.77.